The van der Waals surface area contributed by atoms with E-state index in [0.717, 1.165) is 0 Å². The van der Waals surface area contributed by atoms with Gasteiger partial charge in [-0.1, -0.05) is 36.7 Å². The second kappa shape index (κ2) is 8.64. The number of hydrogen-bond donors (Lipinski definition) is 1. The molecule has 9 heteroatoms. The summed E-state index contributed by atoms with van der Waals surface area (Å²) in [4.78, 5) is 25.1. The molecule has 0 spiro atoms. The van der Waals surface area contributed by atoms with Gasteiger partial charge in [-0.3, -0.25) is 9.59 Å². The van der Waals surface area contributed by atoms with Crippen molar-refractivity contribution < 1.29 is 22.7 Å². The number of anilines is 2. The minimum Gasteiger partial charge on any atom is -0.457 e. The first-order valence-electron chi connectivity index (χ1n) is 9.75. The third kappa shape index (κ3) is 4.46. The molecule has 1 fully saturated rings. The van der Waals surface area contributed by atoms with E-state index in [9.17, 15) is 18.0 Å². The van der Waals surface area contributed by atoms with Crippen LogP contribution in [-0.4, -0.2) is 26.0 Å². The average Bonchev–Trinajstić information content (AvgIpc) is 2.97. The molecule has 1 N–H and O–H groups in total. The predicted molar refractivity (Wildman–Crippen MR) is 123 cm³/mol. The summed E-state index contributed by atoms with van der Waals surface area (Å²) in [6.07, 6.45) is 0. The summed E-state index contributed by atoms with van der Waals surface area (Å²) in [6, 6.07) is 20.3. The number of carbonyl (C=O) groups is 2. The number of halogens is 1. The Balaban J connectivity index is 1.52. The Morgan fingerprint density at radius 2 is 1.69 bits per heavy atom. The number of amides is 2. The van der Waals surface area contributed by atoms with Crippen LogP contribution in [0.2, 0.25) is 5.02 Å². The minimum atomic E-state index is -3.84. The van der Waals surface area contributed by atoms with Crippen molar-refractivity contribution in [3.63, 3.8) is 0 Å². The third-order valence-corrected chi connectivity index (χ3v) is 7.05. The number of nitrogens with one attached hydrogen (secondary N) is 1. The molecule has 1 aliphatic rings. The summed E-state index contributed by atoms with van der Waals surface area (Å²) in [7, 11) is -3.84. The molecule has 1 atom stereocenters. The Bertz CT molecular complexity index is 1280. The van der Waals surface area contributed by atoms with Crippen molar-refractivity contribution in [2.45, 2.75) is 6.92 Å². The molecule has 3 aromatic rings. The van der Waals surface area contributed by atoms with E-state index in [1.807, 2.05) is 30.3 Å². The van der Waals surface area contributed by atoms with Crippen molar-refractivity contribution in [1.29, 1.82) is 0 Å². The molecule has 0 aliphatic carbocycles. The average molecular weight is 471 g/mol. The van der Waals surface area contributed by atoms with Gasteiger partial charge in [0.1, 0.15) is 11.5 Å². The number of para-hydroxylation sites is 1. The number of carbonyl (C=O) groups excluding carboxylic acids is 2. The first-order chi connectivity index (χ1) is 15.2. The second-order valence-electron chi connectivity index (χ2n) is 7.34. The standard InChI is InChI=1S/C23H19ClN2O5S/c1-15-14-32(29,30)26(23(15)28)21-13-16(7-12-20(21)24)22(27)25-17-8-10-19(11-9-17)31-18-5-3-2-4-6-18/h2-13,15H,14H2,1H3,(H,25,27). The SMILES string of the molecule is CC1CS(=O)(=O)N(c2cc(C(=O)Nc3ccc(Oc4ccccc4)cc3)ccc2Cl)C1=O. The lowest BCUT2D eigenvalue weighted by Gasteiger charge is -2.18. The molecular weight excluding hydrogens is 452 g/mol. The fourth-order valence-corrected chi connectivity index (χ4v) is 5.39. The smallest absolute Gasteiger partial charge is 0.255 e. The molecule has 3 aromatic carbocycles. The maximum Gasteiger partial charge on any atom is 0.255 e. The Labute approximate surface area is 190 Å². The van der Waals surface area contributed by atoms with Crippen LogP contribution in [-0.2, 0) is 14.8 Å². The first kappa shape index (κ1) is 21.9. The van der Waals surface area contributed by atoms with Gasteiger partial charge in [0.05, 0.1) is 22.4 Å². The summed E-state index contributed by atoms with van der Waals surface area (Å²) in [6.45, 7) is 1.54. The van der Waals surface area contributed by atoms with Gasteiger partial charge in [0.15, 0.2) is 0 Å². The topological polar surface area (TPSA) is 92.8 Å². The second-order valence-corrected chi connectivity index (χ2v) is 9.61. The maximum atomic E-state index is 12.7. The molecule has 0 radical (unpaired) electrons. The Morgan fingerprint density at radius 1 is 1.03 bits per heavy atom. The van der Waals surface area contributed by atoms with Gasteiger partial charge in [0.25, 0.3) is 5.91 Å². The number of sulfonamides is 1. The van der Waals surface area contributed by atoms with Crippen LogP contribution in [0, 0.1) is 5.92 Å². The minimum absolute atomic E-state index is 0.0275. The highest BCUT2D eigenvalue weighted by atomic mass is 35.5. The van der Waals surface area contributed by atoms with E-state index in [4.69, 9.17) is 16.3 Å². The van der Waals surface area contributed by atoms with Crippen LogP contribution in [0.25, 0.3) is 0 Å². The van der Waals surface area contributed by atoms with Gasteiger partial charge in [-0.15, -0.1) is 0 Å². The summed E-state index contributed by atoms with van der Waals surface area (Å²) < 4.78 is 31.2. The highest BCUT2D eigenvalue weighted by Crippen LogP contribution is 2.34. The van der Waals surface area contributed by atoms with E-state index in [2.05, 4.69) is 5.32 Å². The fraction of sp³-hybridized carbons (Fsp3) is 0.130. The van der Waals surface area contributed by atoms with E-state index in [1.165, 1.54) is 25.1 Å². The summed E-state index contributed by atoms with van der Waals surface area (Å²) >= 11 is 6.16. The summed E-state index contributed by atoms with van der Waals surface area (Å²) in [5, 5.41) is 2.80. The van der Waals surface area contributed by atoms with Crippen LogP contribution >= 0.6 is 11.6 Å². The zero-order valence-corrected chi connectivity index (χ0v) is 18.6. The van der Waals surface area contributed by atoms with Crippen LogP contribution in [0.15, 0.2) is 72.8 Å². The van der Waals surface area contributed by atoms with Crippen LogP contribution in [0.5, 0.6) is 11.5 Å². The fourth-order valence-electron chi connectivity index (χ4n) is 3.31. The molecule has 2 amide bonds. The molecule has 1 aliphatic heterocycles. The molecule has 0 aromatic heterocycles. The molecule has 0 saturated carbocycles. The lowest BCUT2D eigenvalue weighted by Crippen LogP contribution is -2.30. The van der Waals surface area contributed by atoms with Gasteiger partial charge in [-0.05, 0) is 54.6 Å². The third-order valence-electron chi connectivity index (χ3n) is 4.88. The van der Waals surface area contributed by atoms with Gasteiger partial charge in [-0.2, -0.15) is 0 Å². The molecule has 32 heavy (non-hydrogen) atoms. The van der Waals surface area contributed by atoms with Crippen molar-refractivity contribution in [2.24, 2.45) is 5.92 Å². The molecular formula is C23H19ClN2O5S. The molecule has 1 saturated heterocycles. The Morgan fingerprint density at radius 3 is 2.31 bits per heavy atom. The zero-order chi connectivity index (χ0) is 22.9. The van der Waals surface area contributed by atoms with Gasteiger partial charge >= 0.3 is 0 Å². The van der Waals surface area contributed by atoms with Crippen LogP contribution in [0.1, 0.15) is 17.3 Å². The van der Waals surface area contributed by atoms with E-state index in [1.54, 1.807) is 24.3 Å². The van der Waals surface area contributed by atoms with E-state index >= 15 is 0 Å². The Kier molecular flexibility index (Phi) is 5.90. The summed E-state index contributed by atoms with van der Waals surface area (Å²) in [5.74, 6) is -0.718. The van der Waals surface area contributed by atoms with Crippen LogP contribution < -0.4 is 14.4 Å². The number of benzene rings is 3. The normalized spacial score (nSPS) is 17.2. The van der Waals surface area contributed by atoms with Crippen LogP contribution in [0.3, 0.4) is 0 Å². The largest absolute Gasteiger partial charge is 0.457 e. The van der Waals surface area contributed by atoms with Crippen molar-refractivity contribution in [3.05, 3.63) is 83.4 Å². The lowest BCUT2D eigenvalue weighted by atomic mass is 10.1. The quantitative estimate of drug-likeness (QED) is 0.583. The van der Waals surface area contributed by atoms with Gasteiger partial charge < -0.3 is 10.1 Å². The number of hydrogen-bond acceptors (Lipinski definition) is 5. The number of nitrogens with zero attached hydrogens (tertiary/aromatic N) is 1. The molecule has 7 nitrogen and oxygen atoms in total. The zero-order valence-electron chi connectivity index (χ0n) is 17.0. The van der Waals surface area contributed by atoms with Crippen molar-refractivity contribution in [1.82, 2.24) is 0 Å². The molecule has 4 rings (SSSR count). The highest BCUT2D eigenvalue weighted by Gasteiger charge is 2.43. The van der Waals surface area contributed by atoms with Crippen molar-refractivity contribution in [2.75, 3.05) is 15.4 Å². The number of rotatable bonds is 5. The highest BCUT2D eigenvalue weighted by molar-refractivity contribution is 7.94. The summed E-state index contributed by atoms with van der Waals surface area (Å²) in [5.41, 5.74) is 0.655. The van der Waals surface area contributed by atoms with Crippen molar-refractivity contribution >= 4 is 44.8 Å². The first-order valence-corrected chi connectivity index (χ1v) is 11.7. The number of ether oxygens (including phenoxy) is 1. The van der Waals surface area contributed by atoms with E-state index < -0.39 is 27.8 Å². The van der Waals surface area contributed by atoms with Crippen LogP contribution in [0.4, 0.5) is 11.4 Å². The Hall–Kier alpha value is -3.36. The van der Waals surface area contributed by atoms with E-state index in [0.29, 0.717) is 21.5 Å². The van der Waals surface area contributed by atoms with Gasteiger partial charge in [-0.25, -0.2) is 12.7 Å². The van der Waals surface area contributed by atoms with Crippen molar-refractivity contribution in [3.8, 4) is 11.5 Å². The molecule has 1 heterocycles. The molecule has 1 unspecified atom stereocenters. The van der Waals surface area contributed by atoms with Gasteiger partial charge in [0.2, 0.25) is 15.9 Å². The van der Waals surface area contributed by atoms with E-state index in [-0.39, 0.29) is 22.0 Å². The van der Waals surface area contributed by atoms with Gasteiger partial charge in [0, 0.05) is 11.3 Å². The predicted octanol–water partition coefficient (Wildman–Crippen LogP) is 4.70. The molecule has 0 bridgehead atoms. The monoisotopic (exact) mass is 470 g/mol. The lowest BCUT2D eigenvalue weighted by molar-refractivity contribution is -0.119. The molecule has 164 valence electrons. The maximum absolute atomic E-state index is 12.7.